The number of aromatic nitrogens is 8. The van der Waals surface area contributed by atoms with Gasteiger partial charge in [-0.2, -0.15) is 0 Å². The molecule has 38 heteroatoms. The number of anilines is 8. The molecular weight excluding hydrogens is 2710 g/mol. The van der Waals surface area contributed by atoms with E-state index >= 15 is 0 Å². The number of hydrogen-bond acceptors (Lipinski definition) is 18. The number of halogens is 8. The van der Waals surface area contributed by atoms with Crippen LogP contribution in [0.4, 0.5) is 45.5 Å². The monoisotopic (exact) mass is 2780 g/mol. The zero-order chi connectivity index (χ0) is 71.1. The number of pyridine rings is 8. The maximum atomic E-state index is 12.3. The molecule has 26 nitrogen and oxygen atoms in total. The standard InChI is InChI=1S/4C18H14N4O2.2CH4O.8BrH.4Hg/c4*23-17(13-5-9-19-10-6-13)21-15-3-1-2-4-16(15)22-18(24)14-7-11-20-12-8-14;2*1-2;;;;;;;;;;;;/h4*1-12H,(H,21,23)(H,22,24);2*2H,1H3;8*1H;;;;/q;;;;;;;;;;;;;;4*+2/p-8. The minimum Gasteiger partial charge on any atom is -1.00 e. The third kappa shape index (κ3) is 39.6. The molecule has 0 aliphatic rings. The van der Waals surface area contributed by atoms with Gasteiger partial charge in [-0.25, -0.2) is 0 Å². The number of hydrogen-bond donors (Lipinski definition) is 10. The van der Waals surface area contributed by atoms with Crippen LogP contribution in [0.3, 0.4) is 0 Å². The Kier molecular flexibility index (Phi) is 69.1. The van der Waals surface area contributed by atoms with Crippen molar-refractivity contribution in [2.24, 2.45) is 0 Å². The number of carbonyl (C=O) groups excluding carboxylic acids is 8. The quantitative estimate of drug-likeness (QED) is 0.0402. The average Bonchev–Trinajstić information content (AvgIpc) is 0.860. The van der Waals surface area contributed by atoms with E-state index in [1.807, 2.05) is 0 Å². The Hall–Kier alpha value is -6.66. The summed E-state index contributed by atoms with van der Waals surface area (Å²) in [5.74, 6) is -2.20. The Morgan fingerprint density at radius 3 is 0.339 bits per heavy atom. The summed E-state index contributed by atoms with van der Waals surface area (Å²) in [5.41, 5.74) is 8.01. The fraction of sp³-hybridized carbons (Fsp3) is 0.0270. The fourth-order valence-electron chi connectivity index (χ4n) is 8.39. The first-order valence-electron chi connectivity index (χ1n) is 29.9. The van der Waals surface area contributed by atoms with Crippen molar-refractivity contribution in [3.05, 3.63) is 338 Å². The first-order chi connectivity index (χ1) is 48.9. The van der Waals surface area contributed by atoms with Crippen molar-refractivity contribution in [1.29, 1.82) is 0 Å². The number of aliphatic hydroxyl groups is 2. The second kappa shape index (κ2) is 66.6. The molecule has 0 aliphatic carbocycles. The number of para-hydroxylation sites is 8. The molecule has 0 bridgehead atoms. The van der Waals surface area contributed by atoms with Crippen molar-refractivity contribution in [2.45, 2.75) is 0 Å². The summed E-state index contributed by atoms with van der Waals surface area (Å²) in [6.45, 7) is 0. The van der Waals surface area contributed by atoms with E-state index in [0.717, 1.165) is 14.2 Å². The molecule has 8 amide bonds. The normalized spacial score (nSPS) is 8.68. The Morgan fingerprint density at radius 1 is 0.179 bits per heavy atom. The smallest absolute Gasteiger partial charge is 1.00 e. The minimum absolute atomic E-state index is 0. The van der Waals surface area contributed by atoms with Gasteiger partial charge in [-0.15, -0.1) is 0 Å². The van der Waals surface area contributed by atoms with Crippen molar-refractivity contribution in [2.75, 3.05) is 56.8 Å². The molecule has 10 N–H and O–H groups in total. The van der Waals surface area contributed by atoms with E-state index in [1.165, 1.54) is 0 Å². The molecule has 0 unspecified atom stereocenters. The Labute approximate surface area is 811 Å². The van der Waals surface area contributed by atoms with E-state index in [4.69, 9.17) is 10.2 Å². The molecule has 12 rings (SSSR count). The third-order valence-electron chi connectivity index (χ3n) is 13.2. The number of rotatable bonds is 16. The van der Waals surface area contributed by atoms with Gasteiger partial charge < -0.3 is 189 Å². The number of carbonyl (C=O) groups is 8. The summed E-state index contributed by atoms with van der Waals surface area (Å²) in [5, 5.41) is 36.3. The van der Waals surface area contributed by atoms with Gasteiger partial charge in [0.1, 0.15) is 0 Å². The van der Waals surface area contributed by atoms with Crippen LogP contribution in [0.15, 0.2) is 293 Å². The predicted octanol–water partition coefficient (Wildman–Crippen LogP) is -12.8. The fourth-order valence-corrected chi connectivity index (χ4v) is 8.39. The number of benzene rings is 4. The molecule has 8 heterocycles. The van der Waals surface area contributed by atoms with Gasteiger partial charge in [0.2, 0.25) is 0 Å². The molecular formula is C74H64Br8Hg4N16O10. The van der Waals surface area contributed by atoms with Gasteiger partial charge in [0.25, 0.3) is 47.3 Å². The Balaban J connectivity index is -0.000000318. The van der Waals surface area contributed by atoms with Gasteiger partial charge >= 0.3 is 111 Å². The molecule has 564 valence electrons. The topological polar surface area (TPSA) is 376 Å². The predicted molar refractivity (Wildman–Crippen MR) is 380 cm³/mol. The van der Waals surface area contributed by atoms with Crippen LogP contribution in [0.2, 0.25) is 0 Å². The van der Waals surface area contributed by atoms with Crippen LogP contribution in [0.5, 0.6) is 0 Å². The van der Waals surface area contributed by atoms with Gasteiger partial charge in [-0.3, -0.25) is 78.2 Å². The second-order valence-electron chi connectivity index (χ2n) is 19.7. The maximum Gasteiger partial charge on any atom is 2.00 e. The van der Waals surface area contributed by atoms with Gasteiger partial charge in [0.15, 0.2) is 0 Å². The van der Waals surface area contributed by atoms with Crippen molar-refractivity contribution < 1.29 is 295 Å². The molecule has 0 saturated heterocycles. The van der Waals surface area contributed by atoms with Gasteiger partial charge in [0.05, 0.1) is 45.5 Å². The second-order valence-corrected chi connectivity index (χ2v) is 19.7. The number of nitrogens with zero attached hydrogens (tertiary/aromatic N) is 8. The molecule has 112 heavy (non-hydrogen) atoms. The molecule has 0 aliphatic heterocycles. The first-order valence-corrected chi connectivity index (χ1v) is 29.9. The number of nitrogens with one attached hydrogen (secondary N) is 8. The zero-order valence-electron chi connectivity index (χ0n) is 59.3. The van der Waals surface area contributed by atoms with Crippen LogP contribution >= 0.6 is 0 Å². The van der Waals surface area contributed by atoms with E-state index in [2.05, 4.69) is 82.4 Å². The van der Waals surface area contributed by atoms with E-state index in [1.54, 1.807) is 293 Å². The molecule has 0 fully saturated rings. The maximum absolute atomic E-state index is 12.3. The van der Waals surface area contributed by atoms with Crippen LogP contribution < -0.4 is 178 Å². The van der Waals surface area contributed by atoms with Crippen LogP contribution in [0.25, 0.3) is 0 Å². The molecule has 12 aromatic rings. The molecule has 8 aromatic heterocycles. The molecule has 0 atom stereocenters. The van der Waals surface area contributed by atoms with Crippen molar-refractivity contribution in [1.82, 2.24) is 39.9 Å². The van der Waals surface area contributed by atoms with Crippen molar-refractivity contribution in [3.63, 3.8) is 0 Å². The average molecular weight is 2780 g/mol. The van der Waals surface area contributed by atoms with Crippen LogP contribution in [0.1, 0.15) is 82.9 Å². The van der Waals surface area contributed by atoms with Crippen molar-refractivity contribution in [3.8, 4) is 0 Å². The van der Waals surface area contributed by atoms with Crippen LogP contribution in [0, 0.1) is 0 Å². The van der Waals surface area contributed by atoms with E-state index < -0.39 is 0 Å². The summed E-state index contributed by atoms with van der Waals surface area (Å²) < 4.78 is 0. The Bertz CT molecular complexity index is 3770. The summed E-state index contributed by atoms with van der Waals surface area (Å²) in [4.78, 5) is 129. The zero-order valence-corrected chi connectivity index (χ0v) is 94.0. The summed E-state index contributed by atoms with van der Waals surface area (Å²) in [6.07, 6.45) is 24.8. The Morgan fingerprint density at radius 2 is 0.259 bits per heavy atom. The summed E-state index contributed by atoms with van der Waals surface area (Å²) >= 11 is 0. The summed E-state index contributed by atoms with van der Waals surface area (Å²) in [7, 11) is 2.00. The first kappa shape index (κ1) is 116. The molecule has 0 spiro atoms. The van der Waals surface area contributed by atoms with E-state index in [0.29, 0.717) is 90.0 Å². The largest absolute Gasteiger partial charge is 2.00 e. The molecule has 4 aromatic carbocycles. The molecule has 0 radical (unpaired) electrons. The van der Waals surface area contributed by atoms with Crippen LogP contribution in [-0.2, 0) is 111 Å². The molecule has 0 saturated carbocycles. The third-order valence-corrected chi connectivity index (χ3v) is 13.2. The minimum atomic E-state index is -0.275. The van der Waals surface area contributed by atoms with Gasteiger partial charge in [-0.1, -0.05) is 48.5 Å². The number of amides is 8. The SMILES string of the molecule is CO.CO.O=C(Nc1ccccc1NC(=O)c1ccncc1)c1ccncc1.O=C(Nc1ccccc1NC(=O)c1ccncc1)c1ccncc1.O=C(Nc1ccccc1NC(=O)c1ccncc1)c1ccncc1.O=C(Nc1ccccc1NC(=O)c1ccncc1)c1ccncc1.[Br-].[Br-].[Br-].[Br-].[Br-].[Br-].[Br-].[Br-].[Hg+2].[Hg+2].[Hg+2].[Hg+2]. The van der Waals surface area contributed by atoms with Gasteiger partial charge in [0, 0.05) is 158 Å². The summed E-state index contributed by atoms with van der Waals surface area (Å²) in [6, 6.07) is 53.9. The van der Waals surface area contributed by atoms with Crippen LogP contribution in [-0.4, -0.2) is 112 Å². The van der Waals surface area contributed by atoms with Gasteiger partial charge in [-0.05, 0) is 146 Å². The van der Waals surface area contributed by atoms with Crippen molar-refractivity contribution >= 4 is 92.8 Å². The van der Waals surface area contributed by atoms with E-state index in [-0.39, 0.29) is 294 Å². The number of aliphatic hydroxyl groups excluding tert-OH is 2. The van der Waals surface area contributed by atoms with E-state index in [9.17, 15) is 38.4 Å².